The van der Waals surface area contributed by atoms with Gasteiger partial charge in [-0.15, -0.1) is 0 Å². The summed E-state index contributed by atoms with van der Waals surface area (Å²) in [6.45, 7) is 6.92. The Morgan fingerprint density at radius 2 is 2.05 bits per heavy atom. The molecule has 0 aromatic carbocycles. The van der Waals surface area contributed by atoms with Gasteiger partial charge in [-0.25, -0.2) is 9.59 Å². The van der Waals surface area contributed by atoms with Crippen molar-refractivity contribution in [2.24, 2.45) is 0 Å². The highest BCUT2D eigenvalue weighted by atomic mass is 16.8. The Morgan fingerprint density at radius 1 is 1.42 bits per heavy atom. The number of hydrogen-bond acceptors (Lipinski definition) is 6. The van der Waals surface area contributed by atoms with Crippen LogP contribution in [0.2, 0.25) is 0 Å². The van der Waals surface area contributed by atoms with E-state index in [0.717, 1.165) is 0 Å². The highest BCUT2D eigenvalue weighted by Crippen LogP contribution is 2.26. The minimum atomic E-state index is -1.13. The standard InChI is InChI=1S/C13H20O6/c1-6-8(2)11(14)18-10(12(15)16-5)9-7-17-13(3,4)19-9/h6,9-10H,7H2,1-5H3/b8-6+. The third kappa shape index (κ3) is 4.04. The molecule has 1 heterocycles. The molecule has 0 bridgehead atoms. The predicted octanol–water partition coefficient (Wildman–Crippen LogP) is 1.19. The molecule has 0 aliphatic carbocycles. The number of rotatable bonds is 4. The van der Waals surface area contributed by atoms with E-state index in [1.54, 1.807) is 33.8 Å². The first-order chi connectivity index (χ1) is 8.80. The van der Waals surface area contributed by atoms with E-state index in [1.165, 1.54) is 7.11 Å². The molecule has 0 radical (unpaired) electrons. The first-order valence-electron chi connectivity index (χ1n) is 6.04. The fraction of sp³-hybridized carbons (Fsp3) is 0.692. The second-order valence-electron chi connectivity index (χ2n) is 4.69. The highest BCUT2D eigenvalue weighted by Gasteiger charge is 2.43. The first kappa shape index (κ1) is 15.7. The normalized spacial score (nSPS) is 23.8. The number of methoxy groups -OCH3 is 1. The number of hydrogen-bond donors (Lipinski definition) is 0. The van der Waals surface area contributed by atoms with Crippen LogP contribution in [-0.4, -0.2) is 43.7 Å². The largest absolute Gasteiger partial charge is 0.466 e. The van der Waals surface area contributed by atoms with Gasteiger partial charge >= 0.3 is 11.9 Å². The average Bonchev–Trinajstić information content (AvgIpc) is 2.73. The molecule has 2 unspecified atom stereocenters. The van der Waals surface area contributed by atoms with E-state index in [9.17, 15) is 9.59 Å². The summed E-state index contributed by atoms with van der Waals surface area (Å²) in [5.41, 5.74) is 0.409. The van der Waals surface area contributed by atoms with Crippen LogP contribution in [0.4, 0.5) is 0 Å². The van der Waals surface area contributed by atoms with Crippen molar-refractivity contribution in [2.75, 3.05) is 13.7 Å². The van der Waals surface area contributed by atoms with Crippen molar-refractivity contribution in [3.8, 4) is 0 Å². The van der Waals surface area contributed by atoms with Crippen LogP contribution in [0, 0.1) is 0 Å². The summed E-state index contributed by atoms with van der Waals surface area (Å²) in [7, 11) is 1.23. The fourth-order valence-corrected chi connectivity index (χ4v) is 1.58. The molecule has 1 rings (SSSR count). The number of ether oxygens (including phenoxy) is 4. The van der Waals surface area contributed by atoms with Crippen LogP contribution in [0.25, 0.3) is 0 Å². The topological polar surface area (TPSA) is 71.1 Å². The van der Waals surface area contributed by atoms with E-state index >= 15 is 0 Å². The summed E-state index contributed by atoms with van der Waals surface area (Å²) in [6.07, 6.45) is -0.197. The molecular weight excluding hydrogens is 252 g/mol. The van der Waals surface area contributed by atoms with Gasteiger partial charge in [0.15, 0.2) is 5.79 Å². The Hall–Kier alpha value is -1.40. The van der Waals surface area contributed by atoms with Gasteiger partial charge in [-0.2, -0.15) is 0 Å². The Morgan fingerprint density at radius 3 is 2.47 bits per heavy atom. The lowest BCUT2D eigenvalue weighted by molar-refractivity contribution is -0.182. The summed E-state index contributed by atoms with van der Waals surface area (Å²) in [6, 6.07) is 0. The zero-order valence-corrected chi connectivity index (χ0v) is 11.9. The first-order valence-corrected chi connectivity index (χ1v) is 6.04. The van der Waals surface area contributed by atoms with Gasteiger partial charge in [0.2, 0.25) is 6.10 Å². The van der Waals surface area contributed by atoms with Crippen LogP contribution < -0.4 is 0 Å². The van der Waals surface area contributed by atoms with Gasteiger partial charge in [-0.05, 0) is 27.7 Å². The Bertz CT molecular complexity index is 385. The molecule has 0 amide bonds. The fourth-order valence-electron chi connectivity index (χ4n) is 1.58. The van der Waals surface area contributed by atoms with E-state index in [2.05, 4.69) is 4.74 Å². The third-order valence-corrected chi connectivity index (χ3v) is 2.79. The molecule has 1 aliphatic rings. The number of allylic oxidation sites excluding steroid dienone is 1. The second kappa shape index (κ2) is 6.16. The number of carbonyl (C=O) groups is 2. The zero-order valence-electron chi connectivity index (χ0n) is 11.9. The van der Waals surface area contributed by atoms with Crippen LogP contribution in [0.3, 0.4) is 0 Å². The van der Waals surface area contributed by atoms with Crippen LogP contribution in [0.5, 0.6) is 0 Å². The van der Waals surface area contributed by atoms with Crippen LogP contribution in [-0.2, 0) is 28.5 Å². The van der Waals surface area contributed by atoms with Crippen LogP contribution in [0.15, 0.2) is 11.6 Å². The number of carbonyl (C=O) groups excluding carboxylic acids is 2. The second-order valence-corrected chi connectivity index (χ2v) is 4.69. The predicted molar refractivity (Wildman–Crippen MR) is 66.2 cm³/mol. The van der Waals surface area contributed by atoms with Crippen molar-refractivity contribution in [1.82, 2.24) is 0 Å². The maximum atomic E-state index is 11.7. The molecular formula is C13H20O6. The van der Waals surface area contributed by atoms with Crippen molar-refractivity contribution >= 4 is 11.9 Å². The zero-order chi connectivity index (χ0) is 14.6. The molecule has 6 nitrogen and oxygen atoms in total. The highest BCUT2D eigenvalue weighted by molar-refractivity contribution is 5.90. The molecule has 0 saturated carbocycles. The molecule has 1 fully saturated rings. The molecule has 6 heteroatoms. The molecule has 0 aromatic rings. The lowest BCUT2D eigenvalue weighted by Crippen LogP contribution is -2.41. The van der Waals surface area contributed by atoms with Gasteiger partial charge in [-0.3, -0.25) is 0 Å². The van der Waals surface area contributed by atoms with E-state index in [0.29, 0.717) is 5.57 Å². The Kier molecular flexibility index (Phi) is 5.08. The maximum Gasteiger partial charge on any atom is 0.350 e. The molecule has 108 valence electrons. The van der Waals surface area contributed by atoms with Crippen molar-refractivity contribution < 1.29 is 28.5 Å². The molecule has 1 saturated heterocycles. The molecule has 0 N–H and O–H groups in total. The Labute approximate surface area is 112 Å². The lowest BCUT2D eigenvalue weighted by Gasteiger charge is -2.22. The van der Waals surface area contributed by atoms with Gasteiger partial charge < -0.3 is 18.9 Å². The molecule has 19 heavy (non-hydrogen) atoms. The van der Waals surface area contributed by atoms with Gasteiger partial charge in [0.1, 0.15) is 6.10 Å². The van der Waals surface area contributed by atoms with E-state index in [-0.39, 0.29) is 6.61 Å². The maximum absolute atomic E-state index is 11.7. The summed E-state index contributed by atoms with van der Waals surface area (Å²) in [5.74, 6) is -2.05. The van der Waals surface area contributed by atoms with Crippen LogP contribution in [0.1, 0.15) is 27.7 Å². The van der Waals surface area contributed by atoms with Gasteiger partial charge in [-0.1, -0.05) is 6.08 Å². The van der Waals surface area contributed by atoms with Crippen LogP contribution >= 0.6 is 0 Å². The quantitative estimate of drug-likeness (QED) is 0.565. The lowest BCUT2D eigenvalue weighted by atomic mass is 10.2. The van der Waals surface area contributed by atoms with E-state index in [4.69, 9.17) is 14.2 Å². The van der Waals surface area contributed by atoms with Crippen molar-refractivity contribution in [1.29, 1.82) is 0 Å². The molecule has 2 atom stereocenters. The van der Waals surface area contributed by atoms with Crippen molar-refractivity contribution in [2.45, 2.75) is 45.7 Å². The smallest absolute Gasteiger partial charge is 0.350 e. The Balaban J connectivity index is 2.79. The van der Waals surface area contributed by atoms with E-state index in [1.807, 2.05) is 0 Å². The molecule has 0 aromatic heterocycles. The van der Waals surface area contributed by atoms with Gasteiger partial charge in [0.25, 0.3) is 0 Å². The SMILES string of the molecule is C/C=C(\C)C(=O)OC(C(=O)OC)C1COC(C)(C)O1. The van der Waals surface area contributed by atoms with E-state index < -0.39 is 29.9 Å². The summed E-state index contributed by atoms with van der Waals surface area (Å²) in [5, 5.41) is 0. The van der Waals surface area contributed by atoms with Gasteiger partial charge in [0.05, 0.1) is 13.7 Å². The monoisotopic (exact) mass is 272 g/mol. The minimum absolute atomic E-state index is 0.162. The summed E-state index contributed by atoms with van der Waals surface area (Å²) in [4.78, 5) is 23.4. The van der Waals surface area contributed by atoms with Crippen molar-refractivity contribution in [3.05, 3.63) is 11.6 Å². The summed E-state index contributed by atoms with van der Waals surface area (Å²) >= 11 is 0. The number of esters is 2. The third-order valence-electron chi connectivity index (χ3n) is 2.79. The van der Waals surface area contributed by atoms with Crippen molar-refractivity contribution in [3.63, 3.8) is 0 Å². The molecule has 1 aliphatic heterocycles. The minimum Gasteiger partial charge on any atom is -0.466 e. The molecule has 0 spiro atoms. The van der Waals surface area contributed by atoms with Gasteiger partial charge in [0, 0.05) is 5.57 Å². The average molecular weight is 272 g/mol. The summed E-state index contributed by atoms with van der Waals surface area (Å²) < 4.78 is 20.7.